The standard InChI is InChI=1S/C14H16O6/c1-17-14-11(16)10(15)12-9(19-14)7-18-13(20-12)8-5-3-2-4-6-8/h2-6,9,11-14,16H,7H2,1H3/t9-,11+,12-,13-,14+/m1/s1. The fraction of sp³-hybridized carbons (Fsp3) is 0.500. The Balaban J connectivity index is 1.76. The summed E-state index contributed by atoms with van der Waals surface area (Å²) < 4.78 is 21.6. The van der Waals surface area contributed by atoms with E-state index in [0.29, 0.717) is 0 Å². The number of carbonyl (C=O) groups is 1. The number of benzene rings is 1. The second-order valence-corrected chi connectivity index (χ2v) is 4.76. The van der Waals surface area contributed by atoms with Crippen LogP contribution in [0.5, 0.6) is 0 Å². The molecule has 0 saturated carbocycles. The zero-order valence-corrected chi connectivity index (χ0v) is 11.0. The van der Waals surface area contributed by atoms with Gasteiger partial charge in [0, 0.05) is 12.7 Å². The molecule has 0 aromatic heterocycles. The van der Waals surface area contributed by atoms with Gasteiger partial charge in [0.1, 0.15) is 6.10 Å². The molecule has 0 radical (unpaired) electrons. The van der Waals surface area contributed by atoms with Gasteiger partial charge in [-0.2, -0.15) is 0 Å². The molecule has 5 atom stereocenters. The van der Waals surface area contributed by atoms with Crippen molar-refractivity contribution in [1.82, 2.24) is 0 Å². The van der Waals surface area contributed by atoms with Gasteiger partial charge < -0.3 is 24.1 Å². The van der Waals surface area contributed by atoms with Gasteiger partial charge in [0.15, 0.2) is 30.6 Å². The molecule has 2 aliphatic rings. The summed E-state index contributed by atoms with van der Waals surface area (Å²) in [6.07, 6.45) is -4.33. The van der Waals surface area contributed by atoms with E-state index in [4.69, 9.17) is 18.9 Å². The largest absolute Gasteiger partial charge is 0.380 e. The van der Waals surface area contributed by atoms with Crippen LogP contribution in [0.15, 0.2) is 30.3 Å². The molecule has 2 aliphatic heterocycles. The molecule has 108 valence electrons. The second-order valence-electron chi connectivity index (χ2n) is 4.76. The Labute approximate surface area is 116 Å². The zero-order valence-electron chi connectivity index (χ0n) is 11.0. The van der Waals surface area contributed by atoms with Gasteiger partial charge in [-0.25, -0.2) is 0 Å². The highest BCUT2D eigenvalue weighted by Gasteiger charge is 2.48. The van der Waals surface area contributed by atoms with E-state index in [1.54, 1.807) is 0 Å². The van der Waals surface area contributed by atoms with Crippen molar-refractivity contribution >= 4 is 5.78 Å². The first-order valence-electron chi connectivity index (χ1n) is 6.43. The van der Waals surface area contributed by atoms with Crippen molar-refractivity contribution in [3.63, 3.8) is 0 Å². The fourth-order valence-electron chi connectivity index (χ4n) is 2.41. The third kappa shape index (κ3) is 2.36. The number of rotatable bonds is 2. The topological polar surface area (TPSA) is 74.2 Å². The van der Waals surface area contributed by atoms with Gasteiger partial charge >= 0.3 is 0 Å². The summed E-state index contributed by atoms with van der Waals surface area (Å²) >= 11 is 0. The van der Waals surface area contributed by atoms with E-state index in [1.165, 1.54) is 7.11 Å². The first kappa shape index (κ1) is 13.7. The van der Waals surface area contributed by atoms with Gasteiger partial charge in [0.05, 0.1) is 6.61 Å². The fourth-order valence-corrected chi connectivity index (χ4v) is 2.41. The van der Waals surface area contributed by atoms with Crippen molar-refractivity contribution in [1.29, 1.82) is 0 Å². The Kier molecular flexibility index (Phi) is 3.82. The Morgan fingerprint density at radius 2 is 2.00 bits per heavy atom. The summed E-state index contributed by atoms with van der Waals surface area (Å²) in [6, 6.07) is 9.32. The van der Waals surface area contributed by atoms with Gasteiger partial charge in [0.2, 0.25) is 0 Å². The Bertz CT molecular complexity index is 476. The third-order valence-corrected chi connectivity index (χ3v) is 3.46. The third-order valence-electron chi connectivity index (χ3n) is 3.46. The molecular formula is C14H16O6. The van der Waals surface area contributed by atoms with Crippen molar-refractivity contribution in [2.45, 2.75) is 30.9 Å². The summed E-state index contributed by atoms with van der Waals surface area (Å²) in [6.45, 7) is 0.211. The summed E-state index contributed by atoms with van der Waals surface area (Å²) in [5, 5.41) is 9.81. The average molecular weight is 280 g/mol. The number of Topliss-reactive ketones (excluding diaryl/α,β-unsaturated/α-hetero) is 1. The van der Waals surface area contributed by atoms with Crippen LogP contribution < -0.4 is 0 Å². The second kappa shape index (κ2) is 5.59. The lowest BCUT2D eigenvalue weighted by molar-refractivity contribution is -0.313. The lowest BCUT2D eigenvalue weighted by Crippen LogP contribution is -2.59. The van der Waals surface area contributed by atoms with Crippen LogP contribution in [0.4, 0.5) is 0 Å². The van der Waals surface area contributed by atoms with Crippen LogP contribution in [-0.4, -0.2) is 49.2 Å². The highest BCUT2D eigenvalue weighted by atomic mass is 16.7. The number of fused-ring (bicyclic) bond motifs is 1. The molecule has 20 heavy (non-hydrogen) atoms. The molecule has 2 heterocycles. The highest BCUT2D eigenvalue weighted by Crippen LogP contribution is 2.32. The van der Waals surface area contributed by atoms with Crippen LogP contribution >= 0.6 is 0 Å². The number of methoxy groups -OCH3 is 1. The number of aliphatic hydroxyl groups is 1. The minimum absolute atomic E-state index is 0.211. The van der Waals surface area contributed by atoms with Crippen molar-refractivity contribution in [3.05, 3.63) is 35.9 Å². The molecule has 0 aliphatic carbocycles. The van der Waals surface area contributed by atoms with Gasteiger partial charge in [-0.05, 0) is 0 Å². The average Bonchev–Trinajstić information content (AvgIpc) is 2.51. The molecule has 0 amide bonds. The number of hydrogen-bond acceptors (Lipinski definition) is 6. The van der Waals surface area contributed by atoms with Crippen molar-refractivity contribution in [2.75, 3.05) is 13.7 Å². The van der Waals surface area contributed by atoms with Gasteiger partial charge in [-0.15, -0.1) is 0 Å². The molecule has 6 heteroatoms. The maximum absolute atomic E-state index is 12.1. The molecule has 1 aromatic carbocycles. The van der Waals surface area contributed by atoms with E-state index in [0.717, 1.165) is 5.56 Å². The summed E-state index contributed by atoms with van der Waals surface area (Å²) in [4.78, 5) is 12.1. The van der Waals surface area contributed by atoms with Crippen LogP contribution in [0.25, 0.3) is 0 Å². The van der Waals surface area contributed by atoms with Crippen LogP contribution in [0.3, 0.4) is 0 Å². The van der Waals surface area contributed by atoms with Crippen molar-refractivity contribution in [2.24, 2.45) is 0 Å². The van der Waals surface area contributed by atoms with Crippen LogP contribution in [0.1, 0.15) is 11.9 Å². The summed E-state index contributed by atoms with van der Waals surface area (Å²) in [5.41, 5.74) is 0.821. The summed E-state index contributed by atoms with van der Waals surface area (Å²) in [7, 11) is 1.37. The predicted octanol–water partition coefficient (Wildman–Crippen LogP) is 0.402. The SMILES string of the molecule is CO[C@H]1O[C@@H]2CO[C@@H](c3ccccc3)O[C@H]2C(=O)[C@@H]1O. The minimum atomic E-state index is -1.34. The smallest absolute Gasteiger partial charge is 0.198 e. The zero-order chi connectivity index (χ0) is 14.1. The molecule has 0 spiro atoms. The van der Waals surface area contributed by atoms with E-state index in [9.17, 15) is 9.90 Å². The quantitative estimate of drug-likeness (QED) is 0.845. The van der Waals surface area contributed by atoms with E-state index in [1.807, 2.05) is 30.3 Å². The first-order chi connectivity index (χ1) is 9.70. The monoisotopic (exact) mass is 280 g/mol. The molecule has 3 rings (SSSR count). The maximum Gasteiger partial charge on any atom is 0.198 e. The van der Waals surface area contributed by atoms with E-state index >= 15 is 0 Å². The van der Waals surface area contributed by atoms with Crippen LogP contribution in [0.2, 0.25) is 0 Å². The van der Waals surface area contributed by atoms with Gasteiger partial charge in [0.25, 0.3) is 0 Å². The number of aliphatic hydroxyl groups excluding tert-OH is 1. The Morgan fingerprint density at radius 3 is 2.70 bits per heavy atom. The lowest BCUT2D eigenvalue weighted by atomic mass is 10.00. The number of carbonyl (C=O) groups excluding carboxylic acids is 1. The molecule has 0 bridgehead atoms. The van der Waals surface area contributed by atoms with Crippen molar-refractivity contribution < 1.29 is 28.8 Å². The predicted molar refractivity (Wildman–Crippen MR) is 66.7 cm³/mol. The molecule has 1 N–H and O–H groups in total. The number of ether oxygens (including phenoxy) is 4. The van der Waals surface area contributed by atoms with E-state index in [-0.39, 0.29) is 6.61 Å². The molecule has 6 nitrogen and oxygen atoms in total. The van der Waals surface area contributed by atoms with Crippen molar-refractivity contribution in [3.8, 4) is 0 Å². The maximum atomic E-state index is 12.1. The molecular weight excluding hydrogens is 264 g/mol. The number of ketones is 1. The van der Waals surface area contributed by atoms with Gasteiger partial charge in [-0.3, -0.25) is 4.79 Å². The Morgan fingerprint density at radius 1 is 1.25 bits per heavy atom. The first-order valence-corrected chi connectivity index (χ1v) is 6.43. The minimum Gasteiger partial charge on any atom is -0.380 e. The molecule has 2 fully saturated rings. The lowest BCUT2D eigenvalue weighted by Gasteiger charge is -2.42. The molecule has 2 saturated heterocycles. The van der Waals surface area contributed by atoms with E-state index in [2.05, 4.69) is 0 Å². The normalized spacial score (nSPS) is 37.5. The number of hydrogen-bond donors (Lipinski definition) is 1. The highest BCUT2D eigenvalue weighted by molar-refractivity contribution is 5.89. The Hall–Kier alpha value is -1.31. The molecule has 0 unspecified atom stereocenters. The van der Waals surface area contributed by atoms with Crippen LogP contribution in [0, 0.1) is 0 Å². The van der Waals surface area contributed by atoms with E-state index < -0.39 is 36.7 Å². The molecule has 1 aromatic rings. The van der Waals surface area contributed by atoms with Gasteiger partial charge in [-0.1, -0.05) is 30.3 Å². The summed E-state index contributed by atoms with van der Waals surface area (Å²) in [5.74, 6) is -0.433. The van der Waals surface area contributed by atoms with Crippen LogP contribution in [-0.2, 0) is 23.7 Å².